The van der Waals surface area contributed by atoms with Crippen LogP contribution in [0.15, 0.2) is 0 Å². The molecule has 0 aliphatic carbocycles. The molecule has 0 saturated heterocycles. The Morgan fingerprint density at radius 2 is 1.78 bits per heavy atom. The number of carbonyl (C=O) groups excluding carboxylic acids is 2. The average Bonchev–Trinajstić information content (AvgIpc) is 1.61. The van der Waals surface area contributed by atoms with E-state index in [-0.39, 0.29) is 29.5 Å². The fraction of sp³-hybridized carbons (Fsp3) is 0.600. The number of carbonyl (C=O) groups is 2. The van der Waals surface area contributed by atoms with Crippen molar-refractivity contribution in [3.8, 4) is 0 Å². The van der Waals surface area contributed by atoms with Crippen LogP contribution in [0.25, 0.3) is 0 Å². The number of ketones is 1. The minimum atomic E-state index is -0.416. The van der Waals surface area contributed by atoms with Crippen molar-refractivity contribution < 1.29 is 31.4 Å². The smallest absolute Gasteiger partial charge is 0.458 e. The summed E-state index contributed by atoms with van der Waals surface area (Å²) in [6.45, 7) is 2.53. The summed E-state index contributed by atoms with van der Waals surface area (Å²) in [6, 6.07) is 0. The van der Waals surface area contributed by atoms with Crippen LogP contribution in [0.2, 0.25) is 0 Å². The van der Waals surface area contributed by atoms with Gasteiger partial charge in [-0.05, 0) is 6.92 Å². The van der Waals surface area contributed by atoms with Crippen molar-refractivity contribution >= 4 is 11.8 Å². The molecule has 0 saturated carbocycles. The number of esters is 1. The van der Waals surface area contributed by atoms with Crippen molar-refractivity contribution in [2.75, 3.05) is 6.61 Å². The van der Waals surface area contributed by atoms with Crippen LogP contribution in [0.3, 0.4) is 0 Å². The standard InChI is InChI=1S/C5H8O3.Fe/c1-4(6)3-8-5(2)7;/h3H2,1-2H3;/q;+2. The Kier molecular flexibility index (Phi) is 7.37. The van der Waals surface area contributed by atoms with Crippen molar-refractivity contribution in [2.24, 2.45) is 0 Å². The second-order valence-electron chi connectivity index (χ2n) is 1.48. The zero-order chi connectivity index (χ0) is 6.57. The molecule has 0 aromatic heterocycles. The van der Waals surface area contributed by atoms with Gasteiger partial charge in [0.2, 0.25) is 0 Å². The number of hydrogen-bond donors (Lipinski definition) is 0. The van der Waals surface area contributed by atoms with Crippen molar-refractivity contribution in [3.05, 3.63) is 0 Å². The predicted molar refractivity (Wildman–Crippen MR) is 27.3 cm³/mol. The first-order chi connectivity index (χ1) is 3.63. The van der Waals surface area contributed by atoms with Gasteiger partial charge in [0.1, 0.15) is 6.61 Å². The van der Waals surface area contributed by atoms with Crippen LogP contribution in [-0.2, 0) is 31.4 Å². The molecule has 3 nitrogen and oxygen atoms in total. The Labute approximate surface area is 64.2 Å². The van der Waals surface area contributed by atoms with Gasteiger partial charge in [0.05, 0.1) is 0 Å². The maximum absolute atomic E-state index is 10.1. The van der Waals surface area contributed by atoms with Crippen LogP contribution >= 0.6 is 0 Å². The summed E-state index contributed by atoms with van der Waals surface area (Å²) < 4.78 is 4.31. The summed E-state index contributed by atoms with van der Waals surface area (Å²) in [5.74, 6) is -0.555. The summed E-state index contributed by atoms with van der Waals surface area (Å²) in [5.41, 5.74) is 0. The molecule has 9 heavy (non-hydrogen) atoms. The number of Topliss-reactive ketones (excluding diaryl/α,β-unsaturated/α-hetero) is 1. The molecular formula is C5H8FeO3+2. The fourth-order valence-electron chi connectivity index (χ4n) is 0.203. The van der Waals surface area contributed by atoms with Gasteiger partial charge in [0, 0.05) is 6.92 Å². The molecule has 0 aromatic rings. The second-order valence-corrected chi connectivity index (χ2v) is 1.48. The topological polar surface area (TPSA) is 43.4 Å². The Morgan fingerprint density at radius 3 is 1.89 bits per heavy atom. The maximum atomic E-state index is 10.1. The van der Waals surface area contributed by atoms with Gasteiger partial charge in [-0.2, -0.15) is 0 Å². The zero-order valence-corrected chi connectivity index (χ0v) is 6.39. The third kappa shape index (κ3) is 11.3. The van der Waals surface area contributed by atoms with E-state index in [0.717, 1.165) is 0 Å². The van der Waals surface area contributed by atoms with Crippen LogP contribution in [0.4, 0.5) is 0 Å². The Balaban J connectivity index is 0. The number of rotatable bonds is 2. The van der Waals surface area contributed by atoms with E-state index in [9.17, 15) is 9.59 Å². The summed E-state index contributed by atoms with van der Waals surface area (Å²) in [7, 11) is 0. The van der Waals surface area contributed by atoms with E-state index in [1.807, 2.05) is 0 Å². The monoisotopic (exact) mass is 172 g/mol. The molecule has 0 atom stereocenters. The first kappa shape index (κ1) is 11.5. The van der Waals surface area contributed by atoms with Crippen molar-refractivity contribution in [1.82, 2.24) is 0 Å². The van der Waals surface area contributed by atoms with Crippen LogP contribution < -0.4 is 0 Å². The van der Waals surface area contributed by atoms with Crippen LogP contribution in [0.1, 0.15) is 13.8 Å². The molecule has 0 fully saturated rings. The molecule has 0 heterocycles. The molecule has 0 radical (unpaired) electrons. The zero-order valence-electron chi connectivity index (χ0n) is 5.29. The van der Waals surface area contributed by atoms with E-state index in [2.05, 4.69) is 4.74 Å². The number of ether oxygens (including phenoxy) is 1. The normalized spacial score (nSPS) is 7.33. The predicted octanol–water partition coefficient (Wildman–Crippen LogP) is 0.136. The van der Waals surface area contributed by atoms with Gasteiger partial charge in [0.25, 0.3) is 0 Å². The Morgan fingerprint density at radius 1 is 1.33 bits per heavy atom. The van der Waals surface area contributed by atoms with Crippen LogP contribution in [0, 0.1) is 0 Å². The first-order valence-electron chi connectivity index (χ1n) is 2.25. The van der Waals surface area contributed by atoms with E-state index in [4.69, 9.17) is 0 Å². The van der Waals surface area contributed by atoms with Crippen LogP contribution in [0.5, 0.6) is 0 Å². The molecule has 0 aliphatic heterocycles. The van der Waals surface area contributed by atoms with Crippen molar-refractivity contribution in [2.45, 2.75) is 13.8 Å². The molecule has 4 heteroatoms. The van der Waals surface area contributed by atoms with E-state index in [1.54, 1.807) is 0 Å². The third-order valence-corrected chi connectivity index (χ3v) is 0.479. The van der Waals surface area contributed by atoms with E-state index in [0.29, 0.717) is 0 Å². The molecular weight excluding hydrogens is 164 g/mol. The van der Waals surface area contributed by atoms with E-state index in [1.165, 1.54) is 13.8 Å². The molecule has 0 N–H and O–H groups in total. The fourth-order valence-corrected chi connectivity index (χ4v) is 0.203. The SMILES string of the molecule is CC(=O)COC(C)=O.[Fe+2]. The minimum absolute atomic E-state index is 0. The van der Waals surface area contributed by atoms with Gasteiger partial charge in [-0.3, -0.25) is 9.59 Å². The first-order valence-corrected chi connectivity index (χ1v) is 2.25. The Bertz CT molecular complexity index is 96.8. The molecule has 0 unspecified atom stereocenters. The van der Waals surface area contributed by atoms with Gasteiger partial charge >= 0.3 is 23.0 Å². The maximum Gasteiger partial charge on any atom is 2.00 e. The molecule has 0 aromatic carbocycles. The van der Waals surface area contributed by atoms with Gasteiger partial charge in [0.15, 0.2) is 5.78 Å². The summed E-state index contributed by atoms with van der Waals surface area (Å²) >= 11 is 0. The van der Waals surface area contributed by atoms with Gasteiger partial charge in [-0.1, -0.05) is 0 Å². The molecule has 0 rings (SSSR count). The summed E-state index contributed by atoms with van der Waals surface area (Å²) in [6.07, 6.45) is 0. The Hall–Kier alpha value is -0.341. The van der Waals surface area contributed by atoms with Crippen molar-refractivity contribution in [3.63, 3.8) is 0 Å². The quantitative estimate of drug-likeness (QED) is 0.439. The second kappa shape index (κ2) is 5.79. The molecule has 0 aliphatic rings. The summed E-state index contributed by atoms with van der Waals surface area (Å²) in [4.78, 5) is 20.0. The van der Waals surface area contributed by atoms with Crippen LogP contribution in [-0.4, -0.2) is 18.4 Å². The number of hydrogen-bond acceptors (Lipinski definition) is 3. The van der Waals surface area contributed by atoms with Crippen molar-refractivity contribution in [1.29, 1.82) is 0 Å². The van der Waals surface area contributed by atoms with Gasteiger partial charge < -0.3 is 4.74 Å². The largest absolute Gasteiger partial charge is 2.00 e. The van der Waals surface area contributed by atoms with Gasteiger partial charge in [-0.15, -0.1) is 0 Å². The average molecular weight is 172 g/mol. The van der Waals surface area contributed by atoms with Gasteiger partial charge in [-0.25, -0.2) is 0 Å². The van der Waals surface area contributed by atoms with E-state index >= 15 is 0 Å². The third-order valence-electron chi connectivity index (χ3n) is 0.479. The molecule has 0 amide bonds. The molecule has 0 bridgehead atoms. The minimum Gasteiger partial charge on any atom is -0.458 e. The summed E-state index contributed by atoms with van der Waals surface area (Å²) in [5, 5.41) is 0. The molecule has 52 valence electrons. The molecule has 0 spiro atoms. The van der Waals surface area contributed by atoms with E-state index < -0.39 is 5.97 Å².